The predicted octanol–water partition coefficient (Wildman–Crippen LogP) is 6.09. The number of rotatable bonds is 4. The summed E-state index contributed by atoms with van der Waals surface area (Å²) < 4.78 is 0. The number of aromatic nitrogens is 1. The van der Waals surface area contributed by atoms with E-state index in [9.17, 15) is 9.59 Å². The Balaban J connectivity index is 1.30. The van der Waals surface area contributed by atoms with Crippen molar-refractivity contribution in [3.8, 4) is 0 Å². The van der Waals surface area contributed by atoms with Gasteiger partial charge in [0.1, 0.15) is 5.78 Å². The number of pyridine rings is 1. The van der Waals surface area contributed by atoms with Gasteiger partial charge in [-0.1, -0.05) is 26.7 Å². The summed E-state index contributed by atoms with van der Waals surface area (Å²) in [7, 11) is 0. The Morgan fingerprint density at radius 2 is 1.87 bits per heavy atom. The number of H-pyrrole nitrogens is 1. The number of thioether (sulfide) groups is 1. The normalized spacial score (nSPS) is 42.8. The lowest BCUT2D eigenvalue weighted by atomic mass is 9.45. The Hall–Kier alpha value is -1.03. The summed E-state index contributed by atoms with van der Waals surface area (Å²) in [6.07, 6.45) is 15.2. The molecule has 4 saturated carbocycles. The van der Waals surface area contributed by atoms with Gasteiger partial charge in [0.2, 0.25) is 5.56 Å². The largest absolute Gasteiger partial charge is 0.329 e. The molecule has 0 spiro atoms. The minimum atomic E-state index is -0.0922. The number of hydrogen-bond donors (Lipinski definition) is 1. The summed E-state index contributed by atoms with van der Waals surface area (Å²) in [5, 5.41) is 0. The minimum Gasteiger partial charge on any atom is -0.329 e. The van der Waals surface area contributed by atoms with E-state index >= 15 is 0 Å². The molecule has 0 unspecified atom stereocenters. The van der Waals surface area contributed by atoms with Crippen LogP contribution in [0.4, 0.5) is 0 Å². The standard InChI is InChI=1S/C26H37NO2S/c1-25-12-4-3-5-17(25)6-7-19-20-8-9-22(26(20,2)13-10-21(19)25)23(28)16-30-18-11-14-27-24(29)15-18/h11,14-15,17,19-22H,3-10,12-13,16H2,1-2H3,(H,27,29)/t17-,19+,20+,21+,22-,25+,26+/m1/s1. The Bertz CT molecular complexity index is 865. The molecule has 1 heterocycles. The van der Waals surface area contributed by atoms with Gasteiger partial charge in [0.25, 0.3) is 0 Å². The second-order valence-corrected chi connectivity index (χ2v) is 12.3. The van der Waals surface area contributed by atoms with E-state index in [0.717, 1.165) is 35.0 Å². The number of Topliss-reactive ketones (excluding diaryl/α,β-unsaturated/α-hetero) is 1. The van der Waals surface area contributed by atoms with Crippen LogP contribution in [0.5, 0.6) is 0 Å². The first-order valence-electron chi connectivity index (χ1n) is 12.3. The zero-order valence-corrected chi connectivity index (χ0v) is 19.4. The van der Waals surface area contributed by atoms with Gasteiger partial charge in [-0.05, 0) is 91.9 Å². The van der Waals surface area contributed by atoms with Crippen molar-refractivity contribution >= 4 is 17.5 Å². The lowest BCUT2D eigenvalue weighted by Crippen LogP contribution is -2.53. The molecule has 1 aromatic heterocycles. The molecule has 0 saturated heterocycles. The zero-order chi connectivity index (χ0) is 20.9. The summed E-state index contributed by atoms with van der Waals surface area (Å²) in [5.74, 6) is 4.59. The van der Waals surface area contributed by atoms with Crippen molar-refractivity contribution < 1.29 is 4.79 Å². The number of aromatic amines is 1. The molecule has 0 amide bonds. The minimum absolute atomic E-state index is 0.0922. The molecule has 1 aromatic rings. The van der Waals surface area contributed by atoms with Gasteiger partial charge in [-0.3, -0.25) is 9.59 Å². The third-order valence-corrected chi connectivity index (χ3v) is 11.1. The molecule has 3 nitrogen and oxygen atoms in total. The summed E-state index contributed by atoms with van der Waals surface area (Å²) in [4.78, 5) is 28.4. The van der Waals surface area contributed by atoms with Crippen LogP contribution in [0.1, 0.15) is 78.1 Å². The maximum Gasteiger partial charge on any atom is 0.249 e. The summed E-state index contributed by atoms with van der Waals surface area (Å²) in [5.41, 5.74) is 0.677. The van der Waals surface area contributed by atoms with Gasteiger partial charge in [0.15, 0.2) is 0 Å². The highest BCUT2D eigenvalue weighted by Gasteiger charge is 2.60. The van der Waals surface area contributed by atoms with E-state index in [-0.39, 0.29) is 16.9 Å². The topological polar surface area (TPSA) is 49.9 Å². The van der Waals surface area contributed by atoms with Crippen molar-refractivity contribution in [3.63, 3.8) is 0 Å². The fourth-order valence-electron chi connectivity index (χ4n) is 8.59. The fraction of sp³-hybridized carbons (Fsp3) is 0.769. The van der Waals surface area contributed by atoms with Gasteiger partial charge in [0, 0.05) is 23.1 Å². The molecule has 4 aliphatic rings. The molecule has 4 heteroatoms. The second kappa shape index (κ2) is 7.83. The first-order valence-corrected chi connectivity index (χ1v) is 13.2. The third-order valence-electron chi connectivity index (χ3n) is 10.1. The molecule has 0 aliphatic heterocycles. The van der Waals surface area contributed by atoms with Crippen LogP contribution in [-0.4, -0.2) is 16.5 Å². The number of carbonyl (C=O) groups excluding carboxylic acids is 1. The van der Waals surface area contributed by atoms with E-state index < -0.39 is 0 Å². The molecule has 164 valence electrons. The van der Waals surface area contributed by atoms with Crippen LogP contribution in [0.15, 0.2) is 28.0 Å². The van der Waals surface area contributed by atoms with Gasteiger partial charge >= 0.3 is 0 Å². The molecular formula is C26H37NO2S. The predicted molar refractivity (Wildman–Crippen MR) is 123 cm³/mol. The van der Waals surface area contributed by atoms with Crippen molar-refractivity contribution in [3.05, 3.63) is 28.7 Å². The maximum absolute atomic E-state index is 13.3. The van der Waals surface area contributed by atoms with Crippen LogP contribution < -0.4 is 5.56 Å². The SMILES string of the molecule is C[C@]12CCCC[C@@H]1CC[C@@H]1[C@@H]2CC[C@]2(C)[C@@H](C(=O)CSc3cc[nH]c(=O)c3)CC[C@@H]12. The highest BCUT2D eigenvalue weighted by molar-refractivity contribution is 8.00. The van der Waals surface area contributed by atoms with Crippen molar-refractivity contribution in [1.29, 1.82) is 0 Å². The average molecular weight is 428 g/mol. The summed E-state index contributed by atoms with van der Waals surface area (Å²) in [6.45, 7) is 5.09. The molecule has 5 rings (SSSR count). The van der Waals surface area contributed by atoms with Gasteiger partial charge in [0.05, 0.1) is 5.75 Å². The van der Waals surface area contributed by atoms with Crippen molar-refractivity contribution in [2.24, 2.45) is 40.4 Å². The molecule has 1 N–H and O–H groups in total. The van der Waals surface area contributed by atoms with Crippen molar-refractivity contribution in [1.82, 2.24) is 4.98 Å². The quantitative estimate of drug-likeness (QED) is 0.592. The van der Waals surface area contributed by atoms with Crippen LogP contribution in [0.3, 0.4) is 0 Å². The Morgan fingerprint density at radius 3 is 2.70 bits per heavy atom. The maximum atomic E-state index is 13.3. The Labute approximate surface area is 185 Å². The van der Waals surface area contributed by atoms with E-state index in [2.05, 4.69) is 18.8 Å². The first kappa shape index (κ1) is 20.8. The lowest BCUT2D eigenvalue weighted by Gasteiger charge is -2.60. The number of fused-ring (bicyclic) bond motifs is 5. The number of ketones is 1. The number of hydrogen-bond acceptors (Lipinski definition) is 3. The molecular weight excluding hydrogens is 390 g/mol. The van der Waals surface area contributed by atoms with Gasteiger partial charge in [-0.25, -0.2) is 0 Å². The highest BCUT2D eigenvalue weighted by atomic mass is 32.2. The highest BCUT2D eigenvalue weighted by Crippen LogP contribution is 2.67. The molecule has 0 bridgehead atoms. The van der Waals surface area contributed by atoms with E-state index in [4.69, 9.17) is 0 Å². The smallest absolute Gasteiger partial charge is 0.249 e. The molecule has 4 aliphatic carbocycles. The zero-order valence-electron chi connectivity index (χ0n) is 18.6. The molecule has 4 fully saturated rings. The van der Waals surface area contributed by atoms with Crippen LogP contribution in [0.2, 0.25) is 0 Å². The lowest BCUT2D eigenvalue weighted by molar-refractivity contribution is -0.133. The van der Waals surface area contributed by atoms with Crippen LogP contribution in [-0.2, 0) is 4.79 Å². The Kier molecular flexibility index (Phi) is 5.44. The van der Waals surface area contributed by atoms with Gasteiger partial charge in [-0.2, -0.15) is 0 Å². The van der Waals surface area contributed by atoms with Gasteiger partial charge < -0.3 is 4.98 Å². The monoisotopic (exact) mass is 427 g/mol. The van der Waals surface area contributed by atoms with Crippen molar-refractivity contribution in [2.75, 3.05) is 5.75 Å². The molecule has 7 atom stereocenters. The van der Waals surface area contributed by atoms with E-state index in [1.54, 1.807) is 12.3 Å². The fourth-order valence-corrected chi connectivity index (χ4v) is 9.46. The third kappa shape index (κ3) is 3.32. The van der Waals surface area contributed by atoms with Crippen LogP contribution in [0.25, 0.3) is 0 Å². The number of carbonyl (C=O) groups is 1. The van der Waals surface area contributed by atoms with E-state index in [0.29, 0.717) is 17.0 Å². The van der Waals surface area contributed by atoms with E-state index in [1.165, 1.54) is 69.5 Å². The van der Waals surface area contributed by atoms with Crippen LogP contribution >= 0.6 is 11.8 Å². The average Bonchev–Trinajstić information content (AvgIpc) is 3.09. The molecule has 0 radical (unpaired) electrons. The summed E-state index contributed by atoms with van der Waals surface area (Å²) in [6, 6.07) is 3.50. The van der Waals surface area contributed by atoms with Crippen molar-refractivity contribution in [2.45, 2.75) is 83.0 Å². The Morgan fingerprint density at radius 1 is 1.03 bits per heavy atom. The van der Waals surface area contributed by atoms with Crippen LogP contribution in [0, 0.1) is 40.4 Å². The molecule has 0 aromatic carbocycles. The summed E-state index contributed by atoms with van der Waals surface area (Å²) >= 11 is 1.54. The van der Waals surface area contributed by atoms with Gasteiger partial charge in [-0.15, -0.1) is 11.8 Å². The first-order chi connectivity index (χ1) is 14.4. The second-order valence-electron chi connectivity index (χ2n) is 11.2. The molecule has 30 heavy (non-hydrogen) atoms. The van der Waals surface area contributed by atoms with E-state index in [1.807, 2.05) is 6.07 Å². The number of nitrogens with one attached hydrogen (secondary N) is 1.